The summed E-state index contributed by atoms with van der Waals surface area (Å²) in [6, 6.07) is 7.57. The molecule has 0 aliphatic carbocycles. The molecule has 0 spiro atoms. The Morgan fingerprint density at radius 3 is 2.89 bits per heavy atom. The Hall–Kier alpha value is -1.81. The van der Waals surface area contributed by atoms with Gasteiger partial charge in [0.1, 0.15) is 0 Å². The third-order valence-electron chi connectivity index (χ3n) is 4.40. The lowest BCUT2D eigenvalue weighted by atomic mass is 10.3. The van der Waals surface area contributed by atoms with E-state index in [1.54, 1.807) is 17.9 Å². The molecule has 2 aromatic heterocycles. The van der Waals surface area contributed by atoms with E-state index in [1.807, 2.05) is 18.2 Å². The van der Waals surface area contributed by atoms with Gasteiger partial charge >= 0.3 is 0 Å². The molecule has 9 heteroatoms. The number of morpholine rings is 1. The first-order chi connectivity index (χ1) is 13.1. The van der Waals surface area contributed by atoms with Gasteiger partial charge in [0.15, 0.2) is 5.13 Å². The number of carbonyl (C=O) groups is 1. The zero-order chi connectivity index (χ0) is 18.8. The van der Waals surface area contributed by atoms with Crippen LogP contribution in [0, 0.1) is 6.92 Å². The van der Waals surface area contributed by atoms with Gasteiger partial charge in [-0.25, -0.2) is 4.98 Å². The highest BCUT2D eigenvalue weighted by Crippen LogP contribution is 2.31. The predicted octanol–water partition coefficient (Wildman–Crippen LogP) is 3.33. The molecule has 1 saturated heterocycles. The van der Waals surface area contributed by atoms with E-state index in [-0.39, 0.29) is 11.7 Å². The van der Waals surface area contributed by atoms with Crippen molar-refractivity contribution in [3.8, 4) is 0 Å². The van der Waals surface area contributed by atoms with Crippen LogP contribution in [0.25, 0.3) is 10.2 Å². The standard InChI is InChI=1S/C18H19BrN4O3S/c1-12-10-15(26-21-12)17(24)23(5-4-22-6-8-25-9-7-22)18-20-14-3-2-13(19)11-16(14)27-18/h2-3,10-11H,4-9H2,1H3. The summed E-state index contributed by atoms with van der Waals surface area (Å²) >= 11 is 4.98. The summed E-state index contributed by atoms with van der Waals surface area (Å²) in [5.41, 5.74) is 1.55. The summed E-state index contributed by atoms with van der Waals surface area (Å²) in [5.74, 6) is 0.0110. The molecule has 1 aromatic carbocycles. The molecular formula is C18H19BrN4O3S. The van der Waals surface area contributed by atoms with Crippen LogP contribution in [0.1, 0.15) is 16.2 Å². The first-order valence-electron chi connectivity index (χ1n) is 8.71. The Morgan fingerprint density at radius 2 is 2.15 bits per heavy atom. The molecule has 1 aliphatic heterocycles. The largest absolute Gasteiger partial charge is 0.379 e. The molecule has 7 nitrogen and oxygen atoms in total. The molecule has 27 heavy (non-hydrogen) atoms. The minimum absolute atomic E-state index is 0.220. The van der Waals surface area contributed by atoms with E-state index in [9.17, 15) is 4.79 Å². The van der Waals surface area contributed by atoms with Crippen LogP contribution < -0.4 is 4.90 Å². The maximum absolute atomic E-state index is 13.1. The lowest BCUT2D eigenvalue weighted by Crippen LogP contribution is -2.43. The van der Waals surface area contributed by atoms with Gasteiger partial charge in [-0.15, -0.1) is 0 Å². The molecule has 4 rings (SSSR count). The van der Waals surface area contributed by atoms with Gasteiger partial charge in [0, 0.05) is 36.7 Å². The van der Waals surface area contributed by atoms with Crippen LogP contribution in [-0.2, 0) is 4.74 Å². The van der Waals surface area contributed by atoms with Crippen molar-refractivity contribution in [2.75, 3.05) is 44.3 Å². The normalized spacial score (nSPS) is 15.3. The van der Waals surface area contributed by atoms with Gasteiger partial charge in [-0.3, -0.25) is 14.6 Å². The van der Waals surface area contributed by atoms with E-state index < -0.39 is 0 Å². The number of rotatable bonds is 5. The van der Waals surface area contributed by atoms with Crippen molar-refractivity contribution in [2.24, 2.45) is 0 Å². The Labute approximate surface area is 169 Å². The molecule has 0 N–H and O–H groups in total. The minimum Gasteiger partial charge on any atom is -0.379 e. The van der Waals surface area contributed by atoms with E-state index in [4.69, 9.17) is 9.26 Å². The van der Waals surface area contributed by atoms with Crippen molar-refractivity contribution >= 4 is 48.5 Å². The summed E-state index contributed by atoms with van der Waals surface area (Å²) in [5, 5.41) is 4.51. The summed E-state index contributed by atoms with van der Waals surface area (Å²) in [7, 11) is 0. The number of aryl methyl sites for hydroxylation is 1. The SMILES string of the molecule is Cc1cc(C(=O)N(CCN2CCOCC2)c2nc3ccc(Br)cc3s2)on1. The van der Waals surface area contributed by atoms with Crippen LogP contribution in [0.2, 0.25) is 0 Å². The molecule has 3 heterocycles. The number of fused-ring (bicyclic) bond motifs is 1. The first kappa shape index (κ1) is 18.5. The van der Waals surface area contributed by atoms with Crippen LogP contribution in [0.3, 0.4) is 0 Å². The molecule has 1 amide bonds. The van der Waals surface area contributed by atoms with Crippen molar-refractivity contribution in [1.82, 2.24) is 15.0 Å². The molecule has 3 aromatic rings. The maximum atomic E-state index is 13.1. The smallest absolute Gasteiger partial charge is 0.298 e. The van der Waals surface area contributed by atoms with E-state index in [2.05, 4.69) is 31.0 Å². The number of anilines is 1. The van der Waals surface area contributed by atoms with Crippen molar-refractivity contribution in [1.29, 1.82) is 0 Å². The summed E-state index contributed by atoms with van der Waals surface area (Å²) < 4.78 is 12.6. The van der Waals surface area contributed by atoms with E-state index >= 15 is 0 Å². The molecule has 142 valence electrons. The number of carbonyl (C=O) groups excluding carboxylic acids is 1. The number of ether oxygens (including phenoxy) is 1. The Morgan fingerprint density at radius 1 is 1.33 bits per heavy atom. The monoisotopic (exact) mass is 450 g/mol. The number of hydrogen-bond acceptors (Lipinski definition) is 7. The third kappa shape index (κ3) is 4.21. The van der Waals surface area contributed by atoms with Crippen LogP contribution >= 0.6 is 27.3 Å². The third-order valence-corrected chi connectivity index (χ3v) is 5.93. The Bertz CT molecular complexity index is 951. The van der Waals surface area contributed by atoms with Crippen molar-refractivity contribution < 1.29 is 14.1 Å². The number of hydrogen-bond donors (Lipinski definition) is 0. The minimum atomic E-state index is -0.220. The first-order valence-corrected chi connectivity index (χ1v) is 10.3. The van der Waals surface area contributed by atoms with Crippen LogP contribution in [-0.4, -0.2) is 60.3 Å². The number of nitrogens with zero attached hydrogens (tertiary/aromatic N) is 4. The Kier molecular flexibility index (Phi) is 5.53. The highest BCUT2D eigenvalue weighted by molar-refractivity contribution is 9.10. The van der Waals surface area contributed by atoms with Gasteiger partial charge in [0.2, 0.25) is 5.76 Å². The molecule has 0 bridgehead atoms. The zero-order valence-corrected chi connectivity index (χ0v) is 17.3. The Balaban J connectivity index is 1.62. The lowest BCUT2D eigenvalue weighted by molar-refractivity contribution is 0.0390. The highest BCUT2D eigenvalue weighted by Gasteiger charge is 2.25. The molecule has 0 saturated carbocycles. The fourth-order valence-corrected chi connectivity index (χ4v) is 4.49. The maximum Gasteiger partial charge on any atom is 0.298 e. The molecular weight excluding hydrogens is 432 g/mol. The van der Waals surface area contributed by atoms with E-state index in [0.29, 0.717) is 17.4 Å². The number of thiazole rings is 1. The summed E-state index contributed by atoms with van der Waals surface area (Å²) in [6.45, 7) is 6.27. The number of halogens is 1. The van der Waals surface area contributed by atoms with Crippen molar-refractivity contribution in [3.05, 3.63) is 40.2 Å². The van der Waals surface area contributed by atoms with Gasteiger partial charge in [0.05, 0.1) is 29.1 Å². The van der Waals surface area contributed by atoms with Gasteiger partial charge in [0.25, 0.3) is 5.91 Å². The average Bonchev–Trinajstić information content (AvgIpc) is 3.28. The van der Waals surface area contributed by atoms with Crippen molar-refractivity contribution in [3.63, 3.8) is 0 Å². The lowest BCUT2D eigenvalue weighted by Gasteiger charge is -2.28. The van der Waals surface area contributed by atoms with Crippen LogP contribution in [0.4, 0.5) is 5.13 Å². The number of amides is 1. The second-order valence-corrected chi connectivity index (χ2v) is 8.28. The molecule has 1 aliphatic rings. The summed E-state index contributed by atoms with van der Waals surface area (Å²) in [4.78, 5) is 21.7. The van der Waals surface area contributed by atoms with Gasteiger partial charge in [-0.2, -0.15) is 0 Å². The van der Waals surface area contributed by atoms with Gasteiger partial charge in [-0.05, 0) is 25.1 Å². The van der Waals surface area contributed by atoms with Crippen molar-refractivity contribution in [2.45, 2.75) is 6.92 Å². The molecule has 0 radical (unpaired) electrons. The fourth-order valence-electron chi connectivity index (χ4n) is 2.95. The van der Waals surface area contributed by atoms with Crippen LogP contribution in [0.15, 0.2) is 33.3 Å². The van der Waals surface area contributed by atoms with Gasteiger partial charge in [-0.1, -0.05) is 32.4 Å². The highest BCUT2D eigenvalue weighted by atomic mass is 79.9. The second kappa shape index (κ2) is 8.05. The fraction of sp³-hybridized carbons (Fsp3) is 0.389. The molecule has 1 fully saturated rings. The summed E-state index contributed by atoms with van der Waals surface area (Å²) in [6.07, 6.45) is 0. The van der Waals surface area contributed by atoms with Gasteiger partial charge < -0.3 is 9.26 Å². The second-order valence-electron chi connectivity index (χ2n) is 6.35. The average molecular weight is 451 g/mol. The van der Waals surface area contributed by atoms with E-state index in [1.165, 1.54) is 11.3 Å². The zero-order valence-electron chi connectivity index (χ0n) is 14.9. The molecule has 0 unspecified atom stereocenters. The topological polar surface area (TPSA) is 71.7 Å². The number of benzene rings is 1. The van der Waals surface area contributed by atoms with Crippen LogP contribution in [0.5, 0.6) is 0 Å². The van der Waals surface area contributed by atoms with E-state index in [0.717, 1.165) is 47.5 Å². The molecule has 0 atom stereocenters. The quantitative estimate of drug-likeness (QED) is 0.593. The predicted molar refractivity (Wildman–Crippen MR) is 107 cm³/mol. The number of aromatic nitrogens is 2.